The van der Waals surface area contributed by atoms with E-state index in [-0.39, 0.29) is 0 Å². The minimum atomic E-state index is 0.549. The molecule has 0 radical (unpaired) electrons. The van der Waals surface area contributed by atoms with Crippen molar-refractivity contribution in [2.24, 2.45) is 10.1 Å². The molecule has 0 atom stereocenters. The Morgan fingerprint density at radius 1 is 1.04 bits per heavy atom. The molecule has 0 saturated heterocycles. The van der Waals surface area contributed by atoms with Crippen LogP contribution in [0, 0.1) is 0 Å². The lowest BCUT2D eigenvalue weighted by molar-refractivity contribution is 0.306. The lowest BCUT2D eigenvalue weighted by Gasteiger charge is -2.06. The summed E-state index contributed by atoms with van der Waals surface area (Å²) in [5.41, 5.74) is 2.98. The second kappa shape index (κ2) is 8.54. The van der Waals surface area contributed by atoms with E-state index in [1.54, 1.807) is 24.2 Å². The normalized spacial score (nSPS) is 12.0. The molecule has 2 aromatic heterocycles. The number of hydrogen-bond acceptors (Lipinski definition) is 5. The first-order chi connectivity index (χ1) is 13.8. The van der Waals surface area contributed by atoms with Gasteiger partial charge in [0.2, 0.25) is 4.80 Å². The van der Waals surface area contributed by atoms with E-state index in [0.717, 1.165) is 33.1 Å². The van der Waals surface area contributed by atoms with Crippen LogP contribution in [0.25, 0.3) is 11.5 Å². The smallest absolute Gasteiger partial charge is 0.206 e. The number of furan rings is 1. The highest BCUT2D eigenvalue weighted by atomic mass is 32.1. The van der Waals surface area contributed by atoms with Crippen molar-refractivity contribution in [3.05, 3.63) is 94.3 Å². The van der Waals surface area contributed by atoms with Gasteiger partial charge in [0.1, 0.15) is 18.1 Å². The second-order valence-electron chi connectivity index (χ2n) is 6.00. The Hall–Kier alpha value is -3.38. The van der Waals surface area contributed by atoms with Crippen molar-refractivity contribution in [3.8, 4) is 17.2 Å². The first-order valence-electron chi connectivity index (χ1n) is 8.82. The average Bonchev–Trinajstić information content (AvgIpc) is 3.41. The van der Waals surface area contributed by atoms with Crippen LogP contribution in [0.5, 0.6) is 5.75 Å². The van der Waals surface area contributed by atoms with Gasteiger partial charge in [0.05, 0.1) is 12.5 Å². The van der Waals surface area contributed by atoms with Gasteiger partial charge in [-0.25, -0.2) is 4.68 Å². The molecule has 0 aliphatic carbocycles. The van der Waals surface area contributed by atoms with Gasteiger partial charge in [0.25, 0.3) is 0 Å². The largest absolute Gasteiger partial charge is 0.489 e. The number of hydrogen-bond donors (Lipinski definition) is 0. The molecule has 140 valence electrons. The molecule has 4 aromatic rings. The molecule has 0 amide bonds. The quantitative estimate of drug-likeness (QED) is 0.445. The average molecular weight is 389 g/mol. The number of thiazole rings is 1. The van der Waals surface area contributed by atoms with Crippen molar-refractivity contribution in [2.75, 3.05) is 7.05 Å². The van der Waals surface area contributed by atoms with Crippen LogP contribution in [0.2, 0.25) is 0 Å². The van der Waals surface area contributed by atoms with Crippen molar-refractivity contribution in [1.82, 2.24) is 4.68 Å². The Kier molecular flexibility index (Phi) is 5.49. The Bertz CT molecular complexity index is 1110. The van der Waals surface area contributed by atoms with E-state index in [4.69, 9.17) is 9.15 Å². The lowest BCUT2D eigenvalue weighted by Crippen LogP contribution is -2.11. The van der Waals surface area contributed by atoms with E-state index in [9.17, 15) is 0 Å². The van der Waals surface area contributed by atoms with E-state index >= 15 is 0 Å². The maximum atomic E-state index is 5.83. The molecule has 5 nitrogen and oxygen atoms in total. The zero-order valence-electron chi connectivity index (χ0n) is 15.4. The molecule has 28 heavy (non-hydrogen) atoms. The van der Waals surface area contributed by atoms with Crippen LogP contribution in [-0.2, 0) is 6.61 Å². The van der Waals surface area contributed by atoms with E-state index in [2.05, 4.69) is 10.1 Å². The standard InChI is InChI=1S/C22H19N3O2S/c1-23-22-25(20(16-28-22)21-8-5-13-26-21)24-14-17-9-11-19(12-10-17)27-15-18-6-3-2-4-7-18/h2-14,16H,15H2,1H3. The molecule has 0 spiro atoms. The molecule has 6 heteroatoms. The van der Waals surface area contributed by atoms with Gasteiger partial charge in [0, 0.05) is 12.4 Å². The molecular weight excluding hydrogens is 370 g/mol. The summed E-state index contributed by atoms with van der Waals surface area (Å²) >= 11 is 1.52. The Morgan fingerprint density at radius 3 is 2.57 bits per heavy atom. The number of rotatable bonds is 6. The van der Waals surface area contributed by atoms with Gasteiger partial charge >= 0.3 is 0 Å². The van der Waals surface area contributed by atoms with Crippen LogP contribution < -0.4 is 9.54 Å². The topological polar surface area (TPSA) is 52.0 Å². The minimum Gasteiger partial charge on any atom is -0.489 e. The Labute approximate surface area is 166 Å². The van der Waals surface area contributed by atoms with E-state index in [1.807, 2.05) is 72.1 Å². The third-order valence-electron chi connectivity index (χ3n) is 4.10. The lowest BCUT2D eigenvalue weighted by atomic mass is 10.2. The number of nitrogens with zero attached hydrogens (tertiary/aromatic N) is 3. The van der Waals surface area contributed by atoms with Crippen LogP contribution in [-0.4, -0.2) is 17.9 Å². The van der Waals surface area contributed by atoms with Crippen LogP contribution in [0.1, 0.15) is 11.1 Å². The monoisotopic (exact) mass is 389 g/mol. The summed E-state index contributed by atoms with van der Waals surface area (Å²) in [7, 11) is 1.75. The fourth-order valence-electron chi connectivity index (χ4n) is 2.67. The molecule has 0 N–H and O–H groups in total. The van der Waals surface area contributed by atoms with Crippen molar-refractivity contribution in [3.63, 3.8) is 0 Å². The molecule has 0 unspecified atom stereocenters. The zero-order chi connectivity index (χ0) is 19.2. The van der Waals surface area contributed by atoms with Crippen LogP contribution in [0.15, 0.2) is 92.9 Å². The summed E-state index contributed by atoms with van der Waals surface area (Å²) in [6.07, 6.45) is 3.45. The van der Waals surface area contributed by atoms with Gasteiger partial charge < -0.3 is 9.15 Å². The third kappa shape index (κ3) is 4.13. The fourth-order valence-corrected chi connectivity index (χ4v) is 3.46. The molecule has 0 aliphatic heterocycles. The van der Waals surface area contributed by atoms with Gasteiger partial charge in [-0.3, -0.25) is 4.99 Å². The molecule has 4 rings (SSSR count). The summed E-state index contributed by atoms with van der Waals surface area (Å²) in [6, 6.07) is 21.7. The SMILES string of the molecule is CN=c1scc(-c2ccco2)n1N=Cc1ccc(OCc2ccccc2)cc1. The van der Waals surface area contributed by atoms with Gasteiger partial charge in [-0.1, -0.05) is 30.3 Å². The van der Waals surface area contributed by atoms with E-state index < -0.39 is 0 Å². The maximum Gasteiger partial charge on any atom is 0.206 e. The third-order valence-corrected chi connectivity index (χ3v) is 5.01. The highest BCUT2D eigenvalue weighted by Crippen LogP contribution is 2.20. The molecule has 0 aliphatic rings. The van der Waals surface area contributed by atoms with Crippen molar-refractivity contribution < 1.29 is 9.15 Å². The van der Waals surface area contributed by atoms with Crippen LogP contribution in [0.3, 0.4) is 0 Å². The van der Waals surface area contributed by atoms with Crippen LogP contribution >= 0.6 is 11.3 Å². The number of benzene rings is 2. The van der Waals surface area contributed by atoms with Gasteiger partial charge in [-0.15, -0.1) is 11.3 Å². The van der Waals surface area contributed by atoms with Crippen molar-refractivity contribution in [1.29, 1.82) is 0 Å². The van der Waals surface area contributed by atoms with E-state index in [1.165, 1.54) is 11.3 Å². The number of ether oxygens (including phenoxy) is 1. The highest BCUT2D eigenvalue weighted by molar-refractivity contribution is 7.07. The Morgan fingerprint density at radius 2 is 1.86 bits per heavy atom. The maximum absolute atomic E-state index is 5.83. The van der Waals surface area contributed by atoms with Crippen LogP contribution in [0.4, 0.5) is 0 Å². The van der Waals surface area contributed by atoms with Crippen molar-refractivity contribution in [2.45, 2.75) is 6.61 Å². The summed E-state index contributed by atoms with van der Waals surface area (Å²) in [5.74, 6) is 1.58. The molecule has 0 saturated carbocycles. The summed E-state index contributed by atoms with van der Waals surface area (Å²) < 4.78 is 13.1. The predicted octanol–water partition coefficient (Wildman–Crippen LogP) is 4.80. The molecule has 2 aromatic carbocycles. The van der Waals surface area contributed by atoms with Gasteiger partial charge in [0.15, 0.2) is 5.76 Å². The van der Waals surface area contributed by atoms with Crippen molar-refractivity contribution >= 4 is 17.6 Å². The molecular formula is C22H19N3O2S. The van der Waals surface area contributed by atoms with Gasteiger partial charge in [-0.05, 0) is 47.5 Å². The first kappa shape index (κ1) is 18.0. The fraction of sp³-hybridized carbons (Fsp3) is 0.0909. The first-order valence-corrected chi connectivity index (χ1v) is 9.70. The molecule has 0 bridgehead atoms. The minimum absolute atomic E-state index is 0.549. The van der Waals surface area contributed by atoms with E-state index in [0.29, 0.717) is 6.61 Å². The molecule has 2 heterocycles. The highest BCUT2D eigenvalue weighted by Gasteiger charge is 2.09. The summed E-state index contributed by atoms with van der Waals surface area (Å²) in [4.78, 5) is 5.08. The summed E-state index contributed by atoms with van der Waals surface area (Å²) in [5, 5.41) is 6.58. The predicted molar refractivity (Wildman–Crippen MR) is 112 cm³/mol. The Balaban J connectivity index is 1.49. The zero-order valence-corrected chi connectivity index (χ0v) is 16.2. The summed E-state index contributed by atoms with van der Waals surface area (Å²) in [6.45, 7) is 0.549. The van der Waals surface area contributed by atoms with Gasteiger partial charge in [-0.2, -0.15) is 5.10 Å². The second-order valence-corrected chi connectivity index (χ2v) is 6.84. The number of aromatic nitrogens is 1. The molecule has 0 fully saturated rings.